The molecule has 1 aliphatic carbocycles. The molecule has 1 aliphatic rings. The molecule has 0 radical (unpaired) electrons. The molecule has 1 saturated carbocycles. The van der Waals surface area contributed by atoms with Crippen molar-refractivity contribution in [3.8, 4) is 0 Å². The highest BCUT2D eigenvalue weighted by molar-refractivity contribution is 6.31. The quantitative estimate of drug-likeness (QED) is 0.829. The van der Waals surface area contributed by atoms with Crippen molar-refractivity contribution < 1.29 is 0 Å². The predicted octanol–water partition coefficient (Wildman–Crippen LogP) is 3.58. The number of aromatic nitrogens is 2. The molecule has 19 heavy (non-hydrogen) atoms. The van der Waals surface area contributed by atoms with Gasteiger partial charge in [0.15, 0.2) is 0 Å². The summed E-state index contributed by atoms with van der Waals surface area (Å²) in [5.74, 6) is 0. The van der Waals surface area contributed by atoms with Crippen LogP contribution in [0.15, 0.2) is 0 Å². The van der Waals surface area contributed by atoms with Gasteiger partial charge in [0, 0.05) is 12.6 Å². The molecule has 1 aromatic heterocycles. The Hall–Kier alpha value is -0.540. The molecule has 1 fully saturated rings. The third kappa shape index (κ3) is 2.97. The van der Waals surface area contributed by atoms with Gasteiger partial charge in [0.05, 0.1) is 16.4 Å². The number of nitrogens with one attached hydrogen (secondary N) is 1. The van der Waals surface area contributed by atoms with Crippen LogP contribution in [0.5, 0.6) is 0 Å². The third-order valence-electron chi connectivity index (χ3n) is 4.48. The van der Waals surface area contributed by atoms with Crippen LogP contribution in [0, 0.1) is 12.3 Å². The van der Waals surface area contributed by atoms with Gasteiger partial charge in [-0.25, -0.2) is 0 Å². The standard InChI is InChI=1S/C15H26ClN3/c1-5-9-17-12(4)15(7-8-15)10-13-14(16)11(3)18-19(13)6-2/h12,17H,5-10H2,1-4H3. The Morgan fingerprint density at radius 3 is 2.63 bits per heavy atom. The minimum Gasteiger partial charge on any atom is -0.314 e. The van der Waals surface area contributed by atoms with Gasteiger partial charge in [-0.1, -0.05) is 18.5 Å². The highest BCUT2D eigenvalue weighted by Crippen LogP contribution is 2.52. The minimum absolute atomic E-state index is 0.401. The summed E-state index contributed by atoms with van der Waals surface area (Å²) < 4.78 is 2.07. The van der Waals surface area contributed by atoms with Gasteiger partial charge in [0.25, 0.3) is 0 Å². The number of halogens is 1. The van der Waals surface area contributed by atoms with E-state index in [1.807, 2.05) is 6.92 Å². The lowest BCUT2D eigenvalue weighted by molar-refractivity contribution is 0.342. The van der Waals surface area contributed by atoms with Crippen molar-refractivity contribution in [2.24, 2.45) is 5.41 Å². The summed E-state index contributed by atoms with van der Waals surface area (Å²) in [6.45, 7) is 10.7. The molecule has 0 spiro atoms. The Labute approximate surface area is 121 Å². The van der Waals surface area contributed by atoms with Crippen LogP contribution >= 0.6 is 11.6 Å². The zero-order valence-electron chi connectivity index (χ0n) is 12.6. The molecule has 0 aromatic carbocycles. The van der Waals surface area contributed by atoms with E-state index in [0.717, 1.165) is 30.2 Å². The summed E-state index contributed by atoms with van der Waals surface area (Å²) in [6, 6.07) is 0.559. The van der Waals surface area contributed by atoms with Crippen LogP contribution in [-0.2, 0) is 13.0 Å². The van der Waals surface area contributed by atoms with Crippen LogP contribution in [-0.4, -0.2) is 22.4 Å². The van der Waals surface area contributed by atoms with Crippen molar-refractivity contribution in [2.45, 2.75) is 66.0 Å². The molecule has 2 rings (SSSR count). The molecule has 0 aliphatic heterocycles. The summed E-state index contributed by atoms with van der Waals surface area (Å²) >= 11 is 6.43. The lowest BCUT2D eigenvalue weighted by Gasteiger charge is -2.25. The lowest BCUT2D eigenvalue weighted by atomic mass is 9.91. The van der Waals surface area contributed by atoms with Gasteiger partial charge in [0.2, 0.25) is 0 Å². The Morgan fingerprint density at radius 2 is 2.11 bits per heavy atom. The highest BCUT2D eigenvalue weighted by Gasteiger charge is 2.48. The normalized spacial score (nSPS) is 18.6. The molecule has 1 atom stereocenters. The first-order chi connectivity index (χ1) is 9.04. The second-order valence-corrected chi connectivity index (χ2v) is 6.25. The minimum atomic E-state index is 0.401. The maximum Gasteiger partial charge on any atom is 0.0847 e. The van der Waals surface area contributed by atoms with Crippen molar-refractivity contribution in [1.29, 1.82) is 0 Å². The van der Waals surface area contributed by atoms with Gasteiger partial charge in [-0.15, -0.1) is 0 Å². The number of hydrogen-bond acceptors (Lipinski definition) is 2. The van der Waals surface area contributed by atoms with Crippen molar-refractivity contribution in [3.63, 3.8) is 0 Å². The molecule has 0 amide bonds. The molecule has 108 valence electrons. The van der Waals surface area contributed by atoms with E-state index in [0.29, 0.717) is 11.5 Å². The summed E-state index contributed by atoms with van der Waals surface area (Å²) in [4.78, 5) is 0. The van der Waals surface area contributed by atoms with Crippen molar-refractivity contribution >= 4 is 11.6 Å². The van der Waals surface area contributed by atoms with E-state index in [9.17, 15) is 0 Å². The van der Waals surface area contributed by atoms with Crippen LogP contribution in [0.2, 0.25) is 5.02 Å². The van der Waals surface area contributed by atoms with E-state index < -0.39 is 0 Å². The monoisotopic (exact) mass is 283 g/mol. The zero-order chi connectivity index (χ0) is 14.0. The van der Waals surface area contributed by atoms with Crippen molar-refractivity contribution in [2.75, 3.05) is 6.54 Å². The summed E-state index contributed by atoms with van der Waals surface area (Å²) in [7, 11) is 0. The molecular formula is C15H26ClN3. The first-order valence-corrected chi connectivity index (χ1v) is 7.87. The molecule has 3 nitrogen and oxygen atoms in total. The van der Waals surface area contributed by atoms with E-state index in [1.54, 1.807) is 0 Å². The zero-order valence-corrected chi connectivity index (χ0v) is 13.3. The fourth-order valence-electron chi connectivity index (χ4n) is 2.87. The fourth-order valence-corrected chi connectivity index (χ4v) is 3.07. The van der Waals surface area contributed by atoms with E-state index >= 15 is 0 Å². The SMILES string of the molecule is CCCNC(C)C1(Cc2c(Cl)c(C)nn2CC)CC1. The van der Waals surface area contributed by atoms with Gasteiger partial charge >= 0.3 is 0 Å². The predicted molar refractivity (Wildman–Crippen MR) is 80.8 cm³/mol. The molecule has 4 heteroatoms. The second kappa shape index (κ2) is 5.84. The molecule has 0 saturated heterocycles. The van der Waals surface area contributed by atoms with Crippen LogP contribution in [0.4, 0.5) is 0 Å². The van der Waals surface area contributed by atoms with E-state index in [2.05, 4.69) is 35.9 Å². The maximum absolute atomic E-state index is 6.43. The first-order valence-electron chi connectivity index (χ1n) is 7.49. The first kappa shape index (κ1) is 14.9. The van der Waals surface area contributed by atoms with E-state index in [-0.39, 0.29) is 0 Å². The Kier molecular flexibility index (Phi) is 4.57. The maximum atomic E-state index is 6.43. The largest absolute Gasteiger partial charge is 0.314 e. The average molecular weight is 284 g/mol. The summed E-state index contributed by atoms with van der Waals surface area (Å²) in [5.41, 5.74) is 2.59. The summed E-state index contributed by atoms with van der Waals surface area (Å²) in [6.07, 6.45) is 4.84. The number of rotatable bonds is 7. The molecule has 1 heterocycles. The Balaban J connectivity index is 2.12. The molecule has 0 bridgehead atoms. The van der Waals surface area contributed by atoms with Crippen LogP contribution in [0.25, 0.3) is 0 Å². The number of aryl methyl sites for hydroxylation is 2. The van der Waals surface area contributed by atoms with Crippen LogP contribution in [0.3, 0.4) is 0 Å². The van der Waals surface area contributed by atoms with Gasteiger partial charge in [-0.3, -0.25) is 4.68 Å². The fraction of sp³-hybridized carbons (Fsp3) is 0.800. The van der Waals surface area contributed by atoms with Gasteiger partial charge in [0.1, 0.15) is 0 Å². The molecular weight excluding hydrogens is 258 g/mol. The topological polar surface area (TPSA) is 29.9 Å². The average Bonchev–Trinajstić information content (AvgIpc) is 3.14. The number of nitrogens with zero attached hydrogens (tertiary/aromatic N) is 2. The smallest absolute Gasteiger partial charge is 0.0847 e. The second-order valence-electron chi connectivity index (χ2n) is 5.88. The van der Waals surface area contributed by atoms with Crippen molar-refractivity contribution in [3.05, 3.63) is 16.4 Å². The third-order valence-corrected chi connectivity index (χ3v) is 4.98. The Bertz CT molecular complexity index is 435. The highest BCUT2D eigenvalue weighted by atomic mass is 35.5. The molecule has 1 unspecified atom stereocenters. The molecule has 1 N–H and O–H groups in total. The summed E-state index contributed by atoms with van der Waals surface area (Å²) in [5, 5.41) is 9.04. The number of hydrogen-bond donors (Lipinski definition) is 1. The Morgan fingerprint density at radius 1 is 1.42 bits per heavy atom. The van der Waals surface area contributed by atoms with E-state index in [4.69, 9.17) is 11.6 Å². The van der Waals surface area contributed by atoms with Gasteiger partial charge < -0.3 is 5.32 Å². The van der Waals surface area contributed by atoms with Crippen molar-refractivity contribution in [1.82, 2.24) is 15.1 Å². The van der Waals surface area contributed by atoms with E-state index in [1.165, 1.54) is 25.0 Å². The van der Waals surface area contributed by atoms with Crippen LogP contribution in [0.1, 0.15) is 51.4 Å². The van der Waals surface area contributed by atoms with Gasteiger partial charge in [-0.2, -0.15) is 5.10 Å². The van der Waals surface area contributed by atoms with Crippen LogP contribution < -0.4 is 5.32 Å². The van der Waals surface area contributed by atoms with Gasteiger partial charge in [-0.05, 0) is 58.4 Å². The molecule has 1 aromatic rings. The lowest BCUT2D eigenvalue weighted by Crippen LogP contribution is -2.37.